The molecular formula is C27H48N4O. The van der Waals surface area contributed by atoms with E-state index in [9.17, 15) is 4.79 Å². The van der Waals surface area contributed by atoms with Gasteiger partial charge in [0.1, 0.15) is 5.54 Å². The molecule has 32 heavy (non-hydrogen) atoms. The fraction of sp³-hybridized carbons (Fsp3) is 0.852. The number of carbonyl (C=O) groups excluding carboxylic acids is 1. The summed E-state index contributed by atoms with van der Waals surface area (Å²) < 4.78 is 0. The fourth-order valence-electron chi connectivity index (χ4n) is 6.00. The van der Waals surface area contributed by atoms with Crippen LogP contribution >= 0.6 is 0 Å². The number of guanidine groups is 1. The van der Waals surface area contributed by atoms with Crippen molar-refractivity contribution in [2.75, 3.05) is 20.1 Å². The lowest BCUT2D eigenvalue weighted by Crippen LogP contribution is -2.43. The van der Waals surface area contributed by atoms with Crippen molar-refractivity contribution in [3.63, 3.8) is 0 Å². The van der Waals surface area contributed by atoms with Gasteiger partial charge in [-0.15, -0.1) is 0 Å². The second-order valence-electron chi connectivity index (χ2n) is 10.6. The Hall–Kier alpha value is -1.36. The number of likely N-dealkylation sites (N-methyl/N-ethyl adjacent to an activating group) is 1. The Balaban J connectivity index is 1.74. The summed E-state index contributed by atoms with van der Waals surface area (Å²) in [6.45, 7) is 6.93. The molecule has 2 aliphatic carbocycles. The topological polar surface area (TPSA) is 61.9 Å². The lowest BCUT2D eigenvalue weighted by atomic mass is 9.78. The van der Waals surface area contributed by atoms with Gasteiger partial charge in [0.25, 0.3) is 5.91 Å². The minimum atomic E-state index is -0.665. The van der Waals surface area contributed by atoms with Crippen molar-refractivity contribution in [1.82, 2.24) is 9.80 Å². The summed E-state index contributed by atoms with van der Waals surface area (Å²) in [5.41, 5.74) is 6.94. The highest BCUT2D eigenvalue weighted by Gasteiger charge is 2.47. The number of unbranched alkanes of at least 4 members (excludes halogenated alkanes) is 2. The average Bonchev–Trinajstić information content (AvgIpc) is 3.02. The number of hydrogen-bond acceptors (Lipinski definition) is 4. The van der Waals surface area contributed by atoms with Crippen LogP contribution in [0, 0.1) is 5.92 Å². The SMILES string of the molecule is CCCCN(CCCC)[C@@H]1C=C(C[C@@]2(CCC3CCCCC3)N=C(N)N(C)C2=O)CCC1. The maximum atomic E-state index is 13.4. The molecule has 0 bridgehead atoms. The zero-order valence-corrected chi connectivity index (χ0v) is 21.1. The monoisotopic (exact) mass is 444 g/mol. The molecule has 2 atom stereocenters. The molecule has 1 saturated carbocycles. The van der Waals surface area contributed by atoms with Crippen LogP contribution in [0.25, 0.3) is 0 Å². The van der Waals surface area contributed by atoms with E-state index in [1.165, 1.54) is 89.3 Å². The first-order valence-electron chi connectivity index (χ1n) is 13.6. The van der Waals surface area contributed by atoms with Gasteiger partial charge in [-0.05, 0) is 64.0 Å². The molecule has 0 radical (unpaired) electrons. The summed E-state index contributed by atoms with van der Waals surface area (Å²) >= 11 is 0. The highest BCUT2D eigenvalue weighted by Crippen LogP contribution is 2.39. The van der Waals surface area contributed by atoms with E-state index in [0.717, 1.165) is 31.6 Å². The van der Waals surface area contributed by atoms with Crippen LogP contribution < -0.4 is 5.73 Å². The number of aliphatic imine (C=N–C) groups is 1. The van der Waals surface area contributed by atoms with Crippen molar-refractivity contribution in [3.05, 3.63) is 11.6 Å². The van der Waals surface area contributed by atoms with Crippen LogP contribution in [-0.2, 0) is 4.79 Å². The molecule has 1 amide bonds. The number of nitrogens with two attached hydrogens (primary N) is 1. The molecule has 0 aromatic carbocycles. The highest BCUT2D eigenvalue weighted by atomic mass is 16.2. The molecule has 1 aliphatic heterocycles. The van der Waals surface area contributed by atoms with Gasteiger partial charge < -0.3 is 5.73 Å². The largest absolute Gasteiger partial charge is 0.369 e. The molecular weight excluding hydrogens is 396 g/mol. The minimum Gasteiger partial charge on any atom is -0.369 e. The second-order valence-corrected chi connectivity index (χ2v) is 10.6. The summed E-state index contributed by atoms with van der Waals surface area (Å²) in [4.78, 5) is 22.5. The van der Waals surface area contributed by atoms with E-state index in [0.29, 0.717) is 12.0 Å². The molecule has 1 heterocycles. The van der Waals surface area contributed by atoms with Gasteiger partial charge in [-0.25, -0.2) is 4.99 Å². The van der Waals surface area contributed by atoms with Crippen LogP contribution in [0.1, 0.15) is 110 Å². The molecule has 0 unspecified atom stereocenters. The Morgan fingerprint density at radius 3 is 2.38 bits per heavy atom. The molecule has 0 aromatic heterocycles. The van der Waals surface area contributed by atoms with Gasteiger partial charge in [0, 0.05) is 19.5 Å². The number of hydrogen-bond donors (Lipinski definition) is 1. The number of nitrogens with zero attached hydrogens (tertiary/aromatic N) is 3. The van der Waals surface area contributed by atoms with E-state index in [1.807, 2.05) is 0 Å². The predicted molar refractivity (Wildman–Crippen MR) is 135 cm³/mol. The van der Waals surface area contributed by atoms with Gasteiger partial charge in [0.05, 0.1) is 0 Å². The van der Waals surface area contributed by atoms with Crippen LogP contribution in [0.15, 0.2) is 16.6 Å². The molecule has 2 N–H and O–H groups in total. The summed E-state index contributed by atoms with van der Waals surface area (Å²) in [7, 11) is 1.79. The normalized spacial score (nSPS) is 27.2. The lowest BCUT2D eigenvalue weighted by molar-refractivity contribution is -0.130. The maximum Gasteiger partial charge on any atom is 0.257 e. The molecule has 0 aromatic rings. The smallest absolute Gasteiger partial charge is 0.257 e. The van der Waals surface area contributed by atoms with E-state index >= 15 is 0 Å². The zero-order valence-electron chi connectivity index (χ0n) is 21.1. The van der Waals surface area contributed by atoms with Crippen molar-refractivity contribution in [2.24, 2.45) is 16.6 Å². The Labute approximate surface area is 196 Å². The summed E-state index contributed by atoms with van der Waals surface area (Å²) in [6.07, 6.45) is 20.5. The summed E-state index contributed by atoms with van der Waals surface area (Å²) in [6, 6.07) is 0.516. The van der Waals surface area contributed by atoms with Gasteiger partial charge >= 0.3 is 0 Å². The summed E-state index contributed by atoms with van der Waals surface area (Å²) in [5.74, 6) is 1.27. The van der Waals surface area contributed by atoms with Crippen LogP contribution in [0.5, 0.6) is 0 Å². The van der Waals surface area contributed by atoms with Gasteiger partial charge in [-0.3, -0.25) is 14.6 Å². The van der Waals surface area contributed by atoms with Crippen molar-refractivity contribution in [2.45, 2.75) is 122 Å². The van der Waals surface area contributed by atoms with Crippen molar-refractivity contribution in [3.8, 4) is 0 Å². The third-order valence-electron chi connectivity index (χ3n) is 8.08. The molecule has 5 heteroatoms. The Morgan fingerprint density at radius 2 is 1.78 bits per heavy atom. The molecule has 5 nitrogen and oxygen atoms in total. The first kappa shape index (κ1) is 25.3. The lowest BCUT2D eigenvalue weighted by Gasteiger charge is -2.35. The number of amides is 1. The van der Waals surface area contributed by atoms with E-state index in [2.05, 4.69) is 24.8 Å². The molecule has 1 fully saturated rings. The maximum absolute atomic E-state index is 13.4. The van der Waals surface area contributed by atoms with Crippen molar-refractivity contribution < 1.29 is 4.79 Å². The van der Waals surface area contributed by atoms with Gasteiger partial charge in [0.2, 0.25) is 0 Å². The van der Waals surface area contributed by atoms with Gasteiger partial charge in [-0.1, -0.05) is 70.4 Å². The quantitative estimate of drug-likeness (QED) is 0.396. The first-order valence-corrected chi connectivity index (χ1v) is 13.6. The van der Waals surface area contributed by atoms with Crippen molar-refractivity contribution in [1.29, 1.82) is 0 Å². The fourth-order valence-corrected chi connectivity index (χ4v) is 6.00. The van der Waals surface area contributed by atoms with Crippen LogP contribution in [0.2, 0.25) is 0 Å². The van der Waals surface area contributed by atoms with Gasteiger partial charge in [0.15, 0.2) is 5.96 Å². The van der Waals surface area contributed by atoms with E-state index in [4.69, 9.17) is 10.7 Å². The van der Waals surface area contributed by atoms with E-state index in [-0.39, 0.29) is 5.91 Å². The second kappa shape index (κ2) is 12.2. The van der Waals surface area contributed by atoms with Crippen LogP contribution in [0.4, 0.5) is 0 Å². The number of carbonyl (C=O) groups is 1. The van der Waals surface area contributed by atoms with E-state index in [1.54, 1.807) is 11.9 Å². The Bertz CT molecular complexity index is 659. The van der Waals surface area contributed by atoms with Crippen LogP contribution in [0.3, 0.4) is 0 Å². The standard InChI is InChI=1S/C27H48N4O/c1-4-6-18-31(19-7-5-2)24-15-11-14-23(20-24)21-27(25(32)30(3)26(28)29-27)17-16-22-12-9-8-10-13-22/h20,22,24H,4-19,21H2,1-3H3,(H2,28,29)/t24-,27+/m0/s1. The summed E-state index contributed by atoms with van der Waals surface area (Å²) in [5, 5.41) is 0. The predicted octanol–water partition coefficient (Wildman–Crippen LogP) is 5.64. The Morgan fingerprint density at radius 1 is 1.09 bits per heavy atom. The van der Waals surface area contributed by atoms with Gasteiger partial charge in [-0.2, -0.15) is 0 Å². The molecule has 3 rings (SSSR count). The first-order chi connectivity index (χ1) is 15.5. The zero-order chi connectivity index (χ0) is 23.0. The average molecular weight is 445 g/mol. The molecule has 0 spiro atoms. The molecule has 182 valence electrons. The molecule has 0 saturated heterocycles. The third kappa shape index (κ3) is 6.36. The molecule has 3 aliphatic rings. The Kier molecular flexibility index (Phi) is 9.63. The van der Waals surface area contributed by atoms with Crippen LogP contribution in [-0.4, -0.2) is 53.4 Å². The van der Waals surface area contributed by atoms with E-state index < -0.39 is 5.54 Å². The van der Waals surface area contributed by atoms with Crippen molar-refractivity contribution >= 4 is 11.9 Å². The number of rotatable bonds is 12. The minimum absolute atomic E-state index is 0.114. The highest BCUT2D eigenvalue weighted by molar-refractivity contribution is 6.06. The third-order valence-corrected chi connectivity index (χ3v) is 8.08.